The van der Waals surface area contributed by atoms with E-state index in [4.69, 9.17) is 20.8 Å². The van der Waals surface area contributed by atoms with Crippen LogP contribution < -0.4 is 15.4 Å². The van der Waals surface area contributed by atoms with Crippen LogP contribution in [0.25, 0.3) is 22.2 Å². The Balaban J connectivity index is 1.32. The fraction of sp³-hybridized carbons (Fsp3) is 0.241. The lowest BCUT2D eigenvalue weighted by molar-refractivity contribution is 0.353. The summed E-state index contributed by atoms with van der Waals surface area (Å²) in [5.41, 5.74) is 3.32. The van der Waals surface area contributed by atoms with E-state index in [-0.39, 0.29) is 12.4 Å². The molecule has 0 radical (unpaired) electrons. The number of anilines is 2. The van der Waals surface area contributed by atoms with Crippen LogP contribution in [0.4, 0.5) is 15.9 Å². The molecule has 5 rings (SSSR count). The number of hydrogen-bond donors (Lipinski definition) is 2. The van der Waals surface area contributed by atoms with Crippen molar-refractivity contribution >= 4 is 34.0 Å². The van der Waals surface area contributed by atoms with Crippen LogP contribution in [0.2, 0.25) is 5.02 Å². The van der Waals surface area contributed by atoms with Crippen LogP contribution in [-0.2, 0) is 6.54 Å². The molecule has 37 heavy (non-hydrogen) atoms. The molecule has 0 bridgehead atoms. The van der Waals surface area contributed by atoms with Crippen LogP contribution in [0.3, 0.4) is 0 Å². The number of fused-ring (bicyclic) bond motifs is 1. The highest BCUT2D eigenvalue weighted by Gasteiger charge is 2.12. The Labute approximate surface area is 220 Å². The number of rotatable bonds is 10. The maximum Gasteiger partial charge on any atom is 0.141 e. The molecular formula is C29H28ClFN4O2. The molecule has 0 amide bonds. The first-order valence-corrected chi connectivity index (χ1v) is 12.8. The average molecular weight is 519 g/mol. The van der Waals surface area contributed by atoms with Gasteiger partial charge in [0.1, 0.15) is 41.8 Å². The van der Waals surface area contributed by atoms with Crippen molar-refractivity contribution in [3.05, 3.63) is 89.2 Å². The first-order valence-electron chi connectivity index (χ1n) is 12.4. The minimum atomic E-state index is -0.122. The van der Waals surface area contributed by atoms with Crippen LogP contribution in [0, 0.1) is 0 Å². The zero-order chi connectivity index (χ0) is 25.6. The van der Waals surface area contributed by atoms with Gasteiger partial charge in [0.15, 0.2) is 0 Å². The van der Waals surface area contributed by atoms with Gasteiger partial charge < -0.3 is 19.8 Å². The van der Waals surface area contributed by atoms with Gasteiger partial charge in [-0.25, -0.2) is 14.4 Å². The van der Waals surface area contributed by atoms with Gasteiger partial charge in [-0.2, -0.15) is 0 Å². The lowest BCUT2D eigenvalue weighted by Gasteiger charge is -2.13. The Morgan fingerprint density at radius 1 is 1.11 bits per heavy atom. The fourth-order valence-corrected chi connectivity index (χ4v) is 4.38. The van der Waals surface area contributed by atoms with Gasteiger partial charge in [-0.3, -0.25) is 0 Å². The second-order valence-electron chi connectivity index (χ2n) is 8.86. The Bertz CT molecular complexity index is 1460. The van der Waals surface area contributed by atoms with Crippen LogP contribution >= 0.6 is 11.6 Å². The topological polar surface area (TPSA) is 72.2 Å². The zero-order valence-corrected chi connectivity index (χ0v) is 21.3. The van der Waals surface area contributed by atoms with Crippen molar-refractivity contribution in [2.75, 3.05) is 18.5 Å². The summed E-state index contributed by atoms with van der Waals surface area (Å²) in [6.45, 7) is 4.05. The summed E-state index contributed by atoms with van der Waals surface area (Å²) in [4.78, 5) is 8.87. The highest BCUT2D eigenvalue weighted by molar-refractivity contribution is 6.32. The number of nitrogens with one attached hydrogen (secondary N) is 2. The molecule has 0 aliphatic heterocycles. The highest BCUT2D eigenvalue weighted by atomic mass is 35.5. The Morgan fingerprint density at radius 3 is 2.86 bits per heavy atom. The molecule has 1 aliphatic carbocycles. The van der Waals surface area contributed by atoms with Crippen molar-refractivity contribution in [3.63, 3.8) is 0 Å². The molecule has 0 atom stereocenters. The molecule has 0 saturated carbocycles. The van der Waals surface area contributed by atoms with Gasteiger partial charge in [-0.05, 0) is 79.6 Å². The molecule has 2 aromatic heterocycles. The van der Waals surface area contributed by atoms with Crippen molar-refractivity contribution in [3.8, 4) is 17.1 Å². The number of nitrogens with zero attached hydrogens (tertiary/aromatic N) is 2. The smallest absolute Gasteiger partial charge is 0.141 e. The van der Waals surface area contributed by atoms with Crippen molar-refractivity contribution in [2.24, 2.45) is 0 Å². The Morgan fingerprint density at radius 2 is 2.03 bits per heavy atom. The number of benzene rings is 2. The number of halogens is 2. The van der Waals surface area contributed by atoms with Gasteiger partial charge in [-0.15, -0.1) is 0 Å². The van der Waals surface area contributed by atoms with E-state index < -0.39 is 0 Å². The number of furan rings is 1. The van der Waals surface area contributed by atoms with Gasteiger partial charge in [-0.1, -0.05) is 24.6 Å². The summed E-state index contributed by atoms with van der Waals surface area (Å²) in [6, 6.07) is 15.4. The third-order valence-corrected chi connectivity index (χ3v) is 6.32. The number of allylic oxidation sites excluding steroid dienone is 2. The third kappa shape index (κ3) is 6.18. The SMILES string of the molecule is CCCNCc1ccc(-c2ccc3ncnc(Nc4ccc(OCC5=CCCC(F)=C5)c(Cl)c4)c3c2)o1. The molecule has 190 valence electrons. The quantitative estimate of drug-likeness (QED) is 0.209. The van der Waals surface area contributed by atoms with E-state index in [0.717, 1.165) is 52.2 Å². The molecule has 0 fully saturated rings. The van der Waals surface area contributed by atoms with E-state index in [1.165, 1.54) is 12.4 Å². The van der Waals surface area contributed by atoms with Crippen LogP contribution in [0.5, 0.6) is 5.75 Å². The molecule has 6 nitrogen and oxygen atoms in total. The summed E-state index contributed by atoms with van der Waals surface area (Å²) in [7, 11) is 0. The zero-order valence-electron chi connectivity index (χ0n) is 20.6. The highest BCUT2D eigenvalue weighted by Crippen LogP contribution is 2.33. The average Bonchev–Trinajstić information content (AvgIpc) is 3.37. The number of hydrogen-bond acceptors (Lipinski definition) is 6. The number of ether oxygens (including phenoxy) is 1. The standard InChI is InChI=1S/C29H28ClFN4O2/c1-2-12-32-16-23-8-11-27(37-23)20-6-9-26-24(14-20)29(34-18-33-26)35-22-7-10-28(25(30)15-22)36-17-19-4-3-5-21(31)13-19/h4,6-11,13-15,18,32H,2-3,5,12,16-17H2,1H3,(H,33,34,35). The molecule has 8 heteroatoms. The van der Waals surface area contributed by atoms with Crippen LogP contribution in [-0.4, -0.2) is 23.1 Å². The second-order valence-corrected chi connectivity index (χ2v) is 9.27. The van der Waals surface area contributed by atoms with Crippen molar-refractivity contribution in [1.29, 1.82) is 0 Å². The van der Waals surface area contributed by atoms with Crippen LogP contribution in [0.15, 0.2) is 82.8 Å². The van der Waals surface area contributed by atoms with Crippen molar-refractivity contribution in [1.82, 2.24) is 15.3 Å². The van der Waals surface area contributed by atoms with Gasteiger partial charge in [0.2, 0.25) is 0 Å². The van der Waals surface area contributed by atoms with E-state index in [1.54, 1.807) is 12.1 Å². The summed E-state index contributed by atoms with van der Waals surface area (Å²) >= 11 is 6.49. The minimum absolute atomic E-state index is 0.122. The predicted molar refractivity (Wildman–Crippen MR) is 146 cm³/mol. The largest absolute Gasteiger partial charge is 0.487 e. The molecule has 2 heterocycles. The number of aromatic nitrogens is 2. The third-order valence-electron chi connectivity index (χ3n) is 6.03. The first kappa shape index (κ1) is 25.0. The molecule has 0 spiro atoms. The van der Waals surface area contributed by atoms with E-state index >= 15 is 0 Å². The Kier molecular flexibility index (Phi) is 7.82. The molecular weight excluding hydrogens is 491 g/mol. The summed E-state index contributed by atoms with van der Waals surface area (Å²) in [6.07, 6.45) is 7.24. The van der Waals surface area contributed by atoms with E-state index in [9.17, 15) is 4.39 Å². The predicted octanol–water partition coefficient (Wildman–Crippen LogP) is 7.74. The van der Waals surface area contributed by atoms with Gasteiger partial charge >= 0.3 is 0 Å². The minimum Gasteiger partial charge on any atom is -0.487 e. The summed E-state index contributed by atoms with van der Waals surface area (Å²) in [5.74, 6) is 2.75. The molecule has 0 saturated heterocycles. The molecule has 4 aromatic rings. The summed E-state index contributed by atoms with van der Waals surface area (Å²) < 4.78 is 25.4. The fourth-order valence-electron chi connectivity index (χ4n) is 4.15. The van der Waals surface area contributed by atoms with E-state index in [0.29, 0.717) is 36.0 Å². The molecule has 2 N–H and O–H groups in total. The molecule has 2 aromatic carbocycles. The maximum absolute atomic E-state index is 13.5. The van der Waals surface area contributed by atoms with Gasteiger partial charge in [0.25, 0.3) is 0 Å². The second kappa shape index (κ2) is 11.6. The van der Waals surface area contributed by atoms with Crippen molar-refractivity contribution < 1.29 is 13.5 Å². The van der Waals surface area contributed by atoms with E-state index in [2.05, 4.69) is 27.5 Å². The maximum atomic E-state index is 13.5. The lowest BCUT2D eigenvalue weighted by atomic mass is 10.1. The van der Waals surface area contributed by atoms with Crippen molar-refractivity contribution in [2.45, 2.75) is 32.7 Å². The van der Waals surface area contributed by atoms with E-state index in [1.807, 2.05) is 42.5 Å². The van der Waals surface area contributed by atoms with Crippen LogP contribution in [0.1, 0.15) is 31.9 Å². The monoisotopic (exact) mass is 518 g/mol. The van der Waals surface area contributed by atoms with Gasteiger partial charge in [0.05, 0.1) is 17.1 Å². The summed E-state index contributed by atoms with van der Waals surface area (Å²) in [5, 5.41) is 8.00. The lowest BCUT2D eigenvalue weighted by Crippen LogP contribution is -2.12. The molecule has 0 unspecified atom stereocenters. The normalized spacial score (nSPS) is 13.4. The molecule has 1 aliphatic rings. The van der Waals surface area contributed by atoms with Gasteiger partial charge in [0, 0.05) is 23.1 Å². The first-order chi connectivity index (χ1) is 18.1. The Hall–Kier alpha value is -3.68.